The minimum absolute atomic E-state index is 0.148. The lowest BCUT2D eigenvalue weighted by Crippen LogP contribution is -1.75. The van der Waals surface area contributed by atoms with Gasteiger partial charge in [0, 0.05) is 5.56 Å². The van der Waals surface area contributed by atoms with E-state index in [2.05, 4.69) is 0 Å². The lowest BCUT2D eigenvalue weighted by Gasteiger charge is -2.00. The Morgan fingerprint density at radius 3 is 2.18 bits per heavy atom. The van der Waals surface area contributed by atoms with Gasteiger partial charge in [-0.05, 0) is 23.8 Å². The van der Waals surface area contributed by atoms with Crippen LogP contribution in [0.15, 0.2) is 42.5 Å². The van der Waals surface area contributed by atoms with Crippen LogP contribution in [0.4, 0.5) is 0 Å². The maximum atomic E-state index is 9.55. The molecule has 86 valence electrons. The first kappa shape index (κ1) is 11.1. The van der Waals surface area contributed by atoms with Gasteiger partial charge in [-0.1, -0.05) is 36.4 Å². The summed E-state index contributed by atoms with van der Waals surface area (Å²) < 4.78 is 0. The number of para-hydroxylation sites is 1. The molecule has 2 aromatic carbocycles. The van der Waals surface area contributed by atoms with Gasteiger partial charge in [0.15, 0.2) is 11.5 Å². The van der Waals surface area contributed by atoms with Crippen LogP contribution in [0.5, 0.6) is 17.2 Å². The van der Waals surface area contributed by atoms with Gasteiger partial charge in [-0.3, -0.25) is 0 Å². The highest BCUT2D eigenvalue weighted by Crippen LogP contribution is 2.26. The number of aromatic hydroxyl groups is 3. The van der Waals surface area contributed by atoms with Crippen molar-refractivity contribution in [2.45, 2.75) is 0 Å². The minimum Gasteiger partial charge on any atom is -0.507 e. The maximum absolute atomic E-state index is 9.55. The summed E-state index contributed by atoms with van der Waals surface area (Å²) in [5.74, 6) is -0.110. The summed E-state index contributed by atoms with van der Waals surface area (Å²) in [5, 5.41) is 28.0. The Hall–Kier alpha value is -2.42. The van der Waals surface area contributed by atoms with Crippen LogP contribution in [0.25, 0.3) is 12.2 Å². The quantitative estimate of drug-likeness (QED) is 0.547. The first-order valence-electron chi connectivity index (χ1n) is 5.15. The molecule has 0 spiro atoms. The topological polar surface area (TPSA) is 60.7 Å². The van der Waals surface area contributed by atoms with Crippen LogP contribution in [-0.2, 0) is 0 Å². The van der Waals surface area contributed by atoms with Crippen molar-refractivity contribution >= 4 is 12.2 Å². The van der Waals surface area contributed by atoms with Crippen LogP contribution in [0, 0.1) is 0 Å². The van der Waals surface area contributed by atoms with E-state index in [9.17, 15) is 10.2 Å². The van der Waals surface area contributed by atoms with Crippen LogP contribution in [0.3, 0.4) is 0 Å². The van der Waals surface area contributed by atoms with E-state index >= 15 is 0 Å². The Bertz CT molecular complexity index is 559. The van der Waals surface area contributed by atoms with E-state index in [-0.39, 0.29) is 17.2 Å². The molecule has 0 fully saturated rings. The molecule has 3 heteroatoms. The summed E-state index contributed by atoms with van der Waals surface area (Å²) in [5.41, 5.74) is 1.43. The van der Waals surface area contributed by atoms with Crippen molar-refractivity contribution < 1.29 is 15.3 Å². The first-order chi connectivity index (χ1) is 8.16. The molecule has 0 saturated heterocycles. The average molecular weight is 228 g/mol. The fraction of sp³-hybridized carbons (Fsp3) is 0. The summed E-state index contributed by atoms with van der Waals surface area (Å²) in [7, 11) is 0. The highest BCUT2D eigenvalue weighted by atomic mass is 16.3. The van der Waals surface area contributed by atoms with Crippen molar-refractivity contribution in [2.75, 3.05) is 0 Å². The van der Waals surface area contributed by atoms with Crippen LogP contribution in [0.1, 0.15) is 11.1 Å². The third-order valence-electron chi connectivity index (χ3n) is 2.39. The van der Waals surface area contributed by atoms with Crippen molar-refractivity contribution in [1.29, 1.82) is 0 Å². The number of phenolic OH excluding ortho intramolecular Hbond substituents is 3. The molecule has 0 amide bonds. The molecule has 2 aromatic rings. The second-order valence-corrected chi connectivity index (χ2v) is 3.64. The predicted molar refractivity (Wildman–Crippen MR) is 66.8 cm³/mol. The Morgan fingerprint density at radius 1 is 0.706 bits per heavy atom. The Balaban J connectivity index is 2.26. The van der Waals surface area contributed by atoms with Gasteiger partial charge in [-0.25, -0.2) is 0 Å². The van der Waals surface area contributed by atoms with Crippen LogP contribution >= 0.6 is 0 Å². The highest BCUT2D eigenvalue weighted by molar-refractivity contribution is 5.73. The number of rotatable bonds is 2. The van der Waals surface area contributed by atoms with Gasteiger partial charge in [0.05, 0.1) is 0 Å². The fourth-order valence-electron chi connectivity index (χ4n) is 1.46. The largest absolute Gasteiger partial charge is 0.507 e. The Morgan fingerprint density at radius 2 is 1.47 bits per heavy atom. The van der Waals surface area contributed by atoms with E-state index in [1.165, 1.54) is 12.1 Å². The maximum Gasteiger partial charge on any atom is 0.157 e. The highest BCUT2D eigenvalue weighted by Gasteiger charge is 1.98. The van der Waals surface area contributed by atoms with Crippen molar-refractivity contribution in [3.05, 3.63) is 53.6 Å². The zero-order chi connectivity index (χ0) is 12.3. The number of hydrogen-bond donors (Lipinski definition) is 3. The second kappa shape index (κ2) is 4.61. The zero-order valence-corrected chi connectivity index (χ0v) is 9.04. The van der Waals surface area contributed by atoms with E-state index in [0.29, 0.717) is 5.56 Å². The lowest BCUT2D eigenvalue weighted by molar-refractivity contribution is 0.403. The van der Waals surface area contributed by atoms with Gasteiger partial charge in [0.2, 0.25) is 0 Å². The van der Waals surface area contributed by atoms with Crippen molar-refractivity contribution in [1.82, 2.24) is 0 Å². The van der Waals surface area contributed by atoms with Crippen molar-refractivity contribution in [2.24, 2.45) is 0 Å². The molecule has 3 N–H and O–H groups in total. The van der Waals surface area contributed by atoms with Gasteiger partial charge >= 0.3 is 0 Å². The molecular formula is C14H12O3. The molecule has 0 heterocycles. The fourth-order valence-corrected chi connectivity index (χ4v) is 1.46. The normalized spacial score (nSPS) is 10.8. The van der Waals surface area contributed by atoms with E-state index in [0.717, 1.165) is 5.56 Å². The molecular weight excluding hydrogens is 216 g/mol. The van der Waals surface area contributed by atoms with Crippen LogP contribution in [0.2, 0.25) is 0 Å². The molecule has 0 atom stereocenters. The summed E-state index contributed by atoms with van der Waals surface area (Å²) in [6.07, 6.45) is 3.48. The summed E-state index contributed by atoms with van der Waals surface area (Å²) in [6.45, 7) is 0. The third-order valence-corrected chi connectivity index (χ3v) is 2.39. The summed E-state index contributed by atoms with van der Waals surface area (Å²) in [6, 6.07) is 11.5. The molecule has 0 aliphatic carbocycles. The van der Waals surface area contributed by atoms with Crippen molar-refractivity contribution in [3.8, 4) is 17.2 Å². The predicted octanol–water partition coefficient (Wildman–Crippen LogP) is 2.97. The second-order valence-electron chi connectivity index (χ2n) is 3.64. The Labute approximate surface area is 98.9 Å². The van der Waals surface area contributed by atoms with E-state index < -0.39 is 0 Å². The standard InChI is InChI=1S/C14H12O3/c15-12-4-2-1-3-11(12)7-5-10-6-8-13(16)14(17)9-10/h1-9,15-17H/b7-5+. The van der Waals surface area contributed by atoms with E-state index in [4.69, 9.17) is 5.11 Å². The minimum atomic E-state index is -0.163. The zero-order valence-electron chi connectivity index (χ0n) is 9.04. The monoisotopic (exact) mass is 228 g/mol. The van der Waals surface area contributed by atoms with Gasteiger partial charge in [-0.2, -0.15) is 0 Å². The lowest BCUT2D eigenvalue weighted by atomic mass is 10.1. The molecule has 2 rings (SSSR count). The molecule has 0 aliphatic rings. The summed E-state index contributed by atoms with van der Waals surface area (Å²) >= 11 is 0. The Kier molecular flexibility index (Phi) is 3.01. The van der Waals surface area contributed by atoms with Gasteiger partial charge in [0.1, 0.15) is 5.75 Å². The first-order valence-corrected chi connectivity index (χ1v) is 5.15. The number of hydrogen-bond acceptors (Lipinski definition) is 3. The molecule has 3 nitrogen and oxygen atoms in total. The average Bonchev–Trinajstić information content (AvgIpc) is 2.32. The van der Waals surface area contributed by atoms with Gasteiger partial charge in [-0.15, -0.1) is 0 Å². The molecule has 0 unspecified atom stereocenters. The molecule has 17 heavy (non-hydrogen) atoms. The SMILES string of the molecule is Oc1ccc(/C=C/c2ccccc2O)cc1O. The molecule has 0 radical (unpaired) electrons. The third kappa shape index (κ3) is 2.58. The number of phenols is 3. The van der Waals surface area contributed by atoms with E-state index in [1.54, 1.807) is 36.4 Å². The molecule has 0 bridgehead atoms. The van der Waals surface area contributed by atoms with Crippen LogP contribution < -0.4 is 0 Å². The van der Waals surface area contributed by atoms with Gasteiger partial charge in [0.25, 0.3) is 0 Å². The van der Waals surface area contributed by atoms with E-state index in [1.807, 2.05) is 6.07 Å². The van der Waals surface area contributed by atoms with Crippen molar-refractivity contribution in [3.63, 3.8) is 0 Å². The molecule has 0 saturated carbocycles. The molecule has 0 aliphatic heterocycles. The van der Waals surface area contributed by atoms with Crippen LogP contribution in [-0.4, -0.2) is 15.3 Å². The number of benzene rings is 2. The molecule has 0 aromatic heterocycles. The van der Waals surface area contributed by atoms with Gasteiger partial charge < -0.3 is 15.3 Å². The summed E-state index contributed by atoms with van der Waals surface area (Å²) in [4.78, 5) is 0. The smallest absolute Gasteiger partial charge is 0.157 e.